The molecular weight excluding hydrogens is 366 g/mol. The Kier molecular flexibility index (Phi) is 4.28. The van der Waals surface area contributed by atoms with Crippen molar-refractivity contribution in [3.05, 3.63) is 84.4 Å². The Hall–Kier alpha value is -2.25. The second-order valence-corrected chi connectivity index (χ2v) is 9.12. The maximum absolute atomic E-state index is 14.3. The molecule has 2 unspecified atom stereocenters. The highest BCUT2D eigenvalue weighted by molar-refractivity contribution is 7.68. The van der Waals surface area contributed by atoms with E-state index in [-0.39, 0.29) is 0 Å². The maximum atomic E-state index is 14.3. The Labute approximate surface area is 153 Å². The third-order valence-corrected chi connectivity index (χ3v) is 8.25. The molecule has 0 aromatic heterocycles. The predicted octanol–water partition coefficient (Wildman–Crippen LogP) is 5.75. The lowest BCUT2D eigenvalue weighted by Crippen LogP contribution is -2.33. The molecule has 3 aromatic carbocycles. The zero-order valence-corrected chi connectivity index (χ0v) is 15.8. The first-order valence-corrected chi connectivity index (χ1v) is 10.5. The van der Waals surface area contributed by atoms with E-state index in [0.717, 1.165) is 11.1 Å². The molecule has 1 aliphatic heterocycles. The van der Waals surface area contributed by atoms with Gasteiger partial charge in [-0.1, -0.05) is 66.7 Å². The van der Waals surface area contributed by atoms with Gasteiger partial charge >= 0.3 is 16.1 Å². The van der Waals surface area contributed by atoms with E-state index >= 15 is 0 Å². The van der Waals surface area contributed by atoms with Crippen molar-refractivity contribution >= 4 is 21.4 Å². The van der Waals surface area contributed by atoms with Crippen LogP contribution in [0.4, 0.5) is 0 Å². The molecule has 0 N–H and O–H groups in total. The van der Waals surface area contributed by atoms with E-state index in [1.54, 1.807) is 31.2 Å². The van der Waals surface area contributed by atoms with E-state index in [4.69, 9.17) is 9.05 Å². The van der Waals surface area contributed by atoms with Crippen LogP contribution in [0.25, 0.3) is 11.1 Å². The highest BCUT2D eigenvalue weighted by Gasteiger charge is 2.54. The van der Waals surface area contributed by atoms with Gasteiger partial charge in [0.25, 0.3) is 0 Å². The molecule has 130 valence electrons. The molecule has 0 spiro atoms. The van der Waals surface area contributed by atoms with Crippen LogP contribution in [0.1, 0.15) is 12.5 Å². The first-order chi connectivity index (χ1) is 12.6. The van der Waals surface area contributed by atoms with Gasteiger partial charge in [0.2, 0.25) is 0 Å². The van der Waals surface area contributed by atoms with Crippen molar-refractivity contribution in [2.24, 2.45) is 0 Å². The van der Waals surface area contributed by atoms with Crippen LogP contribution in [-0.4, -0.2) is 0 Å². The summed E-state index contributed by atoms with van der Waals surface area (Å²) in [5.41, 5.74) is 2.36. The zero-order valence-electron chi connectivity index (χ0n) is 14.0. The quantitative estimate of drug-likeness (QED) is 0.540. The van der Waals surface area contributed by atoms with Crippen molar-refractivity contribution < 1.29 is 18.2 Å². The molecule has 0 saturated carbocycles. The summed E-state index contributed by atoms with van der Waals surface area (Å²) in [5, 5.41) is -0.838. The Bertz CT molecular complexity index is 1020. The molecule has 4 rings (SSSR count). The molecule has 3 aromatic rings. The van der Waals surface area contributed by atoms with Gasteiger partial charge in [0, 0.05) is 5.56 Å². The number of hydrogen-bond donors (Lipinski definition) is 0. The Morgan fingerprint density at radius 2 is 1.50 bits per heavy atom. The minimum absolute atomic E-state index is 0.530. The second-order valence-electron chi connectivity index (χ2n) is 6.17. The monoisotopic (exact) mass is 382 g/mol. The molecule has 0 aliphatic carbocycles. The van der Waals surface area contributed by atoms with Crippen molar-refractivity contribution in [2.45, 2.75) is 12.3 Å². The highest BCUT2D eigenvalue weighted by atomic mass is 31.2. The molecule has 1 heterocycles. The van der Waals surface area contributed by atoms with Crippen molar-refractivity contribution in [1.82, 2.24) is 0 Å². The van der Waals surface area contributed by atoms with Crippen LogP contribution in [0, 0.1) is 0 Å². The summed E-state index contributed by atoms with van der Waals surface area (Å²) >= 11 is 0. The summed E-state index contributed by atoms with van der Waals surface area (Å²) in [4.78, 5) is 0. The van der Waals surface area contributed by atoms with E-state index < -0.39 is 21.4 Å². The molecule has 0 saturated heterocycles. The standard InChI is InChI=1S/C20H16O4P2/c1-20(24-25-21,15-9-3-2-4-10-15)26(22)19-14-8-6-12-17(19)16-11-5-7-13-18(16)23-26/h2-14H,1H3. The van der Waals surface area contributed by atoms with Crippen molar-refractivity contribution in [2.75, 3.05) is 0 Å². The van der Waals surface area contributed by atoms with Crippen molar-refractivity contribution in [1.29, 1.82) is 0 Å². The molecule has 0 radical (unpaired) electrons. The second kappa shape index (κ2) is 6.48. The smallest absolute Gasteiger partial charge is 0.328 e. The van der Waals surface area contributed by atoms with Crippen LogP contribution >= 0.6 is 16.1 Å². The van der Waals surface area contributed by atoms with E-state index in [2.05, 4.69) is 0 Å². The molecule has 0 bridgehead atoms. The molecule has 6 heteroatoms. The SMILES string of the molecule is CC(OP=O)(c1ccccc1)P1(=O)Oc2ccccc2-c2ccccc21. The van der Waals surface area contributed by atoms with Crippen LogP contribution in [0.15, 0.2) is 78.9 Å². The molecular formula is C20H16O4P2. The fraction of sp³-hybridized carbons (Fsp3) is 0.100. The van der Waals surface area contributed by atoms with Gasteiger partial charge in [-0.25, -0.2) is 4.57 Å². The predicted molar refractivity (Wildman–Crippen MR) is 102 cm³/mol. The summed E-state index contributed by atoms with van der Waals surface area (Å²) in [5.74, 6) is 0.530. The van der Waals surface area contributed by atoms with Crippen LogP contribution in [0.5, 0.6) is 5.75 Å². The molecule has 26 heavy (non-hydrogen) atoms. The number of hydrogen-bond acceptors (Lipinski definition) is 4. The number of benzene rings is 3. The summed E-state index contributed by atoms with van der Waals surface area (Å²) in [6.07, 6.45) is 0. The third kappa shape index (κ3) is 2.46. The number of rotatable bonds is 4. The lowest BCUT2D eigenvalue weighted by Gasteiger charge is -2.39. The average molecular weight is 382 g/mol. The zero-order chi connectivity index (χ0) is 18.2. The Morgan fingerprint density at radius 1 is 0.885 bits per heavy atom. The van der Waals surface area contributed by atoms with Crippen molar-refractivity contribution in [3.8, 4) is 16.9 Å². The molecule has 0 fully saturated rings. The molecule has 4 nitrogen and oxygen atoms in total. The van der Waals surface area contributed by atoms with Crippen molar-refractivity contribution in [3.63, 3.8) is 0 Å². The third-order valence-electron chi connectivity index (χ3n) is 4.71. The van der Waals surface area contributed by atoms with Crippen LogP contribution in [0.3, 0.4) is 0 Å². The minimum atomic E-state index is -3.63. The van der Waals surface area contributed by atoms with E-state index in [1.807, 2.05) is 54.6 Å². The van der Waals surface area contributed by atoms with Crippen LogP contribution in [-0.2, 0) is 19.0 Å². The maximum Gasteiger partial charge on any atom is 0.328 e. The first-order valence-electron chi connectivity index (χ1n) is 8.15. The highest BCUT2D eigenvalue weighted by Crippen LogP contribution is 2.67. The van der Waals surface area contributed by atoms with Gasteiger partial charge in [-0.05, 0) is 30.2 Å². The number of para-hydroxylation sites is 1. The van der Waals surface area contributed by atoms with Gasteiger partial charge in [0.1, 0.15) is 5.75 Å². The van der Waals surface area contributed by atoms with E-state index in [0.29, 0.717) is 16.6 Å². The summed E-state index contributed by atoms with van der Waals surface area (Å²) in [7, 11) is -4.19. The first kappa shape index (κ1) is 17.2. The van der Waals surface area contributed by atoms with Gasteiger partial charge in [0.15, 0.2) is 5.34 Å². The van der Waals surface area contributed by atoms with E-state index in [9.17, 15) is 9.13 Å². The lowest BCUT2D eigenvalue weighted by molar-refractivity contribution is 0.181. The lowest BCUT2D eigenvalue weighted by atomic mass is 10.0. The average Bonchev–Trinajstić information content (AvgIpc) is 2.69. The minimum Gasteiger partial charge on any atom is -0.437 e. The van der Waals surface area contributed by atoms with Gasteiger partial charge in [-0.3, -0.25) is 9.09 Å². The van der Waals surface area contributed by atoms with Gasteiger partial charge in [-0.2, -0.15) is 0 Å². The summed E-state index contributed by atoms with van der Waals surface area (Å²) in [6.45, 7) is 1.67. The van der Waals surface area contributed by atoms with E-state index in [1.165, 1.54) is 0 Å². The molecule has 0 amide bonds. The fourth-order valence-electron chi connectivity index (χ4n) is 3.33. The largest absolute Gasteiger partial charge is 0.437 e. The fourth-order valence-corrected chi connectivity index (χ4v) is 6.56. The van der Waals surface area contributed by atoms with Gasteiger partial charge < -0.3 is 4.52 Å². The molecule has 1 aliphatic rings. The van der Waals surface area contributed by atoms with Gasteiger partial charge in [-0.15, -0.1) is 0 Å². The Morgan fingerprint density at radius 3 is 2.23 bits per heavy atom. The number of fused-ring (bicyclic) bond motifs is 3. The molecule has 2 atom stereocenters. The van der Waals surface area contributed by atoms with Crippen LogP contribution in [0.2, 0.25) is 0 Å². The summed E-state index contributed by atoms with van der Waals surface area (Å²) < 4.78 is 37.4. The topological polar surface area (TPSA) is 52.6 Å². The van der Waals surface area contributed by atoms with Gasteiger partial charge in [0.05, 0.1) is 5.30 Å². The summed E-state index contributed by atoms with van der Waals surface area (Å²) in [6, 6.07) is 24.0. The Balaban J connectivity index is 2.01. The normalized spacial score (nSPS) is 20.5. The van der Waals surface area contributed by atoms with Crippen LogP contribution < -0.4 is 9.83 Å².